The van der Waals surface area contributed by atoms with Crippen LogP contribution in [-0.4, -0.2) is 17.5 Å². The van der Waals surface area contributed by atoms with E-state index in [0.29, 0.717) is 11.3 Å². The van der Waals surface area contributed by atoms with Gasteiger partial charge in [-0.1, -0.05) is 22.0 Å². The van der Waals surface area contributed by atoms with Crippen LogP contribution in [0.25, 0.3) is 0 Å². The summed E-state index contributed by atoms with van der Waals surface area (Å²) in [6.45, 7) is 1.52. The molecule has 5 nitrogen and oxygen atoms in total. The Kier molecular flexibility index (Phi) is 6.73. The van der Waals surface area contributed by atoms with Crippen LogP contribution in [0.5, 0.6) is 0 Å². The number of carbonyl (C=O) groups is 2. The van der Waals surface area contributed by atoms with Crippen molar-refractivity contribution >= 4 is 39.1 Å². The molecule has 0 aromatic heterocycles. The van der Waals surface area contributed by atoms with Crippen molar-refractivity contribution in [1.29, 1.82) is 0 Å². The van der Waals surface area contributed by atoms with Gasteiger partial charge in [-0.25, -0.2) is 5.43 Å². The zero-order valence-electron chi connectivity index (χ0n) is 14.1. The fourth-order valence-electron chi connectivity index (χ4n) is 2.06. The van der Waals surface area contributed by atoms with Gasteiger partial charge in [0.15, 0.2) is 0 Å². The minimum atomic E-state index is -4.49. The molecule has 0 bridgehead atoms. The molecule has 27 heavy (non-hydrogen) atoms. The molecule has 0 aliphatic heterocycles. The van der Waals surface area contributed by atoms with Crippen LogP contribution < -0.4 is 10.7 Å². The molecular weight excluding hydrogens is 427 g/mol. The van der Waals surface area contributed by atoms with Gasteiger partial charge < -0.3 is 5.32 Å². The molecule has 2 aromatic carbocycles. The smallest absolute Gasteiger partial charge is 0.326 e. The summed E-state index contributed by atoms with van der Waals surface area (Å²) >= 11 is 3.26. The minimum Gasteiger partial charge on any atom is -0.326 e. The maximum Gasteiger partial charge on any atom is 0.416 e. The standard InChI is InChI=1S/C18H15BrF3N3O2/c1-11(24-25-17(27)12-5-7-14(19)8-6-12)9-16(26)23-15-4-2-3-13(10-15)18(20,21)22/h2-8,10H,9H2,1H3,(H,23,26)(H,25,27)/b24-11+. The minimum absolute atomic E-state index is 0.0292. The summed E-state index contributed by atoms with van der Waals surface area (Å²) in [6, 6.07) is 10.9. The van der Waals surface area contributed by atoms with Crippen LogP contribution in [0.15, 0.2) is 58.1 Å². The lowest BCUT2D eigenvalue weighted by molar-refractivity contribution is -0.137. The molecule has 0 radical (unpaired) electrons. The van der Waals surface area contributed by atoms with Gasteiger partial charge in [-0.15, -0.1) is 0 Å². The Labute approximate surface area is 161 Å². The van der Waals surface area contributed by atoms with E-state index in [2.05, 4.69) is 31.8 Å². The average Bonchev–Trinajstić information content (AvgIpc) is 2.59. The first-order chi connectivity index (χ1) is 12.6. The first-order valence-corrected chi connectivity index (χ1v) is 8.50. The number of halogens is 4. The first kappa shape index (κ1) is 20.6. The van der Waals surface area contributed by atoms with Gasteiger partial charge in [0.1, 0.15) is 0 Å². The molecule has 0 heterocycles. The van der Waals surface area contributed by atoms with E-state index < -0.39 is 23.6 Å². The van der Waals surface area contributed by atoms with Crippen molar-refractivity contribution in [2.45, 2.75) is 19.5 Å². The number of anilines is 1. The van der Waals surface area contributed by atoms with Gasteiger partial charge >= 0.3 is 6.18 Å². The lowest BCUT2D eigenvalue weighted by atomic mass is 10.2. The summed E-state index contributed by atoms with van der Waals surface area (Å²) in [4.78, 5) is 23.9. The largest absolute Gasteiger partial charge is 0.416 e. The number of benzene rings is 2. The predicted octanol–water partition coefficient (Wildman–Crippen LogP) is 4.60. The van der Waals surface area contributed by atoms with Crippen LogP contribution in [0, 0.1) is 0 Å². The third-order valence-corrected chi connectivity index (χ3v) is 3.87. The van der Waals surface area contributed by atoms with E-state index in [1.807, 2.05) is 0 Å². The maximum atomic E-state index is 12.7. The Morgan fingerprint density at radius 3 is 2.41 bits per heavy atom. The summed E-state index contributed by atoms with van der Waals surface area (Å²) in [5.41, 5.74) is 2.18. The van der Waals surface area contributed by atoms with Gasteiger partial charge in [0.25, 0.3) is 5.91 Å². The van der Waals surface area contributed by atoms with Crippen molar-refractivity contribution in [1.82, 2.24) is 5.43 Å². The molecule has 2 N–H and O–H groups in total. The van der Waals surface area contributed by atoms with Gasteiger partial charge in [0.05, 0.1) is 12.0 Å². The highest BCUT2D eigenvalue weighted by Crippen LogP contribution is 2.30. The van der Waals surface area contributed by atoms with Crippen molar-refractivity contribution in [3.63, 3.8) is 0 Å². The fraction of sp³-hybridized carbons (Fsp3) is 0.167. The third-order valence-electron chi connectivity index (χ3n) is 3.34. The molecule has 142 valence electrons. The molecule has 2 amide bonds. The van der Waals surface area contributed by atoms with Gasteiger partial charge in [-0.3, -0.25) is 9.59 Å². The van der Waals surface area contributed by atoms with Crippen molar-refractivity contribution in [2.75, 3.05) is 5.32 Å². The van der Waals surface area contributed by atoms with E-state index in [-0.39, 0.29) is 12.1 Å². The van der Waals surface area contributed by atoms with Crippen molar-refractivity contribution in [2.24, 2.45) is 5.10 Å². The first-order valence-electron chi connectivity index (χ1n) is 7.71. The summed E-state index contributed by atoms with van der Waals surface area (Å²) in [5.74, 6) is -0.992. The van der Waals surface area contributed by atoms with E-state index in [4.69, 9.17) is 0 Å². The van der Waals surface area contributed by atoms with Crippen LogP contribution in [0.3, 0.4) is 0 Å². The van der Waals surface area contributed by atoms with Gasteiger partial charge in [-0.05, 0) is 49.4 Å². The average molecular weight is 442 g/mol. The number of nitrogens with one attached hydrogen (secondary N) is 2. The SMILES string of the molecule is C/C(CC(=O)Nc1cccc(C(F)(F)F)c1)=N\NC(=O)c1ccc(Br)cc1. The molecule has 0 saturated carbocycles. The molecule has 2 aromatic rings. The number of alkyl halides is 3. The molecule has 0 spiro atoms. The molecule has 2 rings (SSSR count). The van der Waals surface area contributed by atoms with E-state index in [9.17, 15) is 22.8 Å². The number of hydrogen-bond donors (Lipinski definition) is 2. The molecule has 0 fully saturated rings. The van der Waals surface area contributed by atoms with Crippen molar-refractivity contribution in [3.8, 4) is 0 Å². The second-order valence-electron chi connectivity index (χ2n) is 5.60. The number of carbonyl (C=O) groups excluding carboxylic acids is 2. The number of hydrazone groups is 1. The number of amides is 2. The topological polar surface area (TPSA) is 70.6 Å². The normalized spacial score (nSPS) is 11.8. The van der Waals surface area contributed by atoms with Crippen molar-refractivity contribution in [3.05, 3.63) is 64.1 Å². The highest BCUT2D eigenvalue weighted by molar-refractivity contribution is 9.10. The van der Waals surface area contributed by atoms with Gasteiger partial charge in [0.2, 0.25) is 5.91 Å². The second-order valence-corrected chi connectivity index (χ2v) is 6.51. The van der Waals surface area contributed by atoms with E-state index in [1.54, 1.807) is 24.3 Å². The number of nitrogens with zero attached hydrogens (tertiary/aromatic N) is 1. The Morgan fingerprint density at radius 1 is 1.11 bits per heavy atom. The Morgan fingerprint density at radius 2 is 1.78 bits per heavy atom. The summed E-state index contributed by atoms with van der Waals surface area (Å²) in [5, 5.41) is 6.20. The van der Waals surface area contributed by atoms with E-state index in [0.717, 1.165) is 16.6 Å². The zero-order chi connectivity index (χ0) is 20.0. The highest BCUT2D eigenvalue weighted by Gasteiger charge is 2.30. The van der Waals surface area contributed by atoms with Crippen LogP contribution in [0.4, 0.5) is 18.9 Å². The zero-order valence-corrected chi connectivity index (χ0v) is 15.7. The molecule has 0 aliphatic carbocycles. The van der Waals surface area contributed by atoms with Crippen LogP contribution >= 0.6 is 15.9 Å². The lowest BCUT2D eigenvalue weighted by Crippen LogP contribution is -2.21. The van der Waals surface area contributed by atoms with Crippen LogP contribution in [-0.2, 0) is 11.0 Å². The van der Waals surface area contributed by atoms with Crippen LogP contribution in [0.1, 0.15) is 29.3 Å². The van der Waals surface area contributed by atoms with Crippen LogP contribution in [0.2, 0.25) is 0 Å². The molecule has 0 atom stereocenters. The summed E-state index contributed by atoms with van der Waals surface area (Å²) < 4.78 is 38.9. The second kappa shape index (κ2) is 8.81. The number of rotatable bonds is 5. The summed E-state index contributed by atoms with van der Waals surface area (Å²) in [6.07, 6.45) is -4.67. The predicted molar refractivity (Wildman–Crippen MR) is 99.4 cm³/mol. The molecule has 0 unspecified atom stereocenters. The van der Waals surface area contributed by atoms with Gasteiger partial charge in [-0.2, -0.15) is 18.3 Å². The Bertz CT molecular complexity index is 865. The fourth-order valence-corrected chi connectivity index (χ4v) is 2.33. The maximum absolute atomic E-state index is 12.7. The highest BCUT2D eigenvalue weighted by atomic mass is 79.9. The molecule has 0 saturated heterocycles. The number of hydrogen-bond acceptors (Lipinski definition) is 3. The quantitative estimate of drug-likeness (QED) is 0.525. The Hall–Kier alpha value is -2.68. The van der Waals surface area contributed by atoms with E-state index in [1.165, 1.54) is 19.1 Å². The third kappa shape index (κ3) is 6.52. The van der Waals surface area contributed by atoms with Crippen molar-refractivity contribution < 1.29 is 22.8 Å². The molecule has 0 aliphatic rings. The van der Waals surface area contributed by atoms with Gasteiger partial charge in [0, 0.05) is 21.4 Å². The Balaban J connectivity index is 1.92. The van der Waals surface area contributed by atoms with E-state index >= 15 is 0 Å². The molecule has 9 heteroatoms. The lowest BCUT2D eigenvalue weighted by Gasteiger charge is -2.10. The summed E-state index contributed by atoms with van der Waals surface area (Å²) in [7, 11) is 0. The molecular formula is C18H15BrF3N3O2. The monoisotopic (exact) mass is 441 g/mol.